The minimum Gasteiger partial charge on any atom is -0.478 e. The quantitative estimate of drug-likeness (QED) is 0.849. The number of hydrogen-bond donors (Lipinski definition) is 2. The molecule has 0 saturated heterocycles. The van der Waals surface area contributed by atoms with E-state index in [9.17, 15) is 9.59 Å². The predicted molar refractivity (Wildman–Crippen MR) is 61.4 cm³/mol. The van der Waals surface area contributed by atoms with Gasteiger partial charge in [0, 0.05) is 35.9 Å². The second kappa shape index (κ2) is 4.62. The first-order chi connectivity index (χ1) is 8.61. The number of rotatable bonds is 3. The van der Waals surface area contributed by atoms with Gasteiger partial charge in [0.05, 0.1) is 11.1 Å². The average molecular weight is 244 g/mol. The van der Waals surface area contributed by atoms with Crippen molar-refractivity contribution in [3.63, 3.8) is 0 Å². The highest BCUT2D eigenvalue weighted by atomic mass is 16.4. The second-order valence-corrected chi connectivity index (χ2v) is 3.45. The van der Waals surface area contributed by atoms with E-state index in [1.807, 2.05) is 0 Å². The van der Waals surface area contributed by atoms with Gasteiger partial charge in [0.1, 0.15) is 0 Å². The Hall–Kier alpha value is -2.76. The molecule has 0 bridgehead atoms. The molecule has 6 heteroatoms. The van der Waals surface area contributed by atoms with Crippen molar-refractivity contribution in [3.05, 3.63) is 48.0 Å². The highest BCUT2D eigenvalue weighted by Gasteiger charge is 2.17. The topological polar surface area (TPSA) is 100 Å². The summed E-state index contributed by atoms with van der Waals surface area (Å²) in [4.78, 5) is 29.8. The molecule has 0 aliphatic heterocycles. The molecular formula is C12H8N2O4. The molecule has 0 unspecified atom stereocenters. The van der Waals surface area contributed by atoms with E-state index in [0.29, 0.717) is 0 Å². The van der Waals surface area contributed by atoms with Crippen LogP contribution in [-0.4, -0.2) is 32.1 Å². The number of pyridine rings is 2. The summed E-state index contributed by atoms with van der Waals surface area (Å²) in [7, 11) is 0. The Morgan fingerprint density at radius 1 is 0.833 bits per heavy atom. The van der Waals surface area contributed by atoms with Crippen molar-refractivity contribution in [2.45, 2.75) is 0 Å². The Kier molecular flexibility index (Phi) is 3.01. The van der Waals surface area contributed by atoms with Crippen molar-refractivity contribution in [2.24, 2.45) is 0 Å². The van der Waals surface area contributed by atoms with E-state index >= 15 is 0 Å². The van der Waals surface area contributed by atoms with Gasteiger partial charge in [0.15, 0.2) is 0 Å². The number of carboxylic acid groups (broad SMARTS) is 2. The summed E-state index contributed by atoms with van der Waals surface area (Å²) >= 11 is 0. The van der Waals surface area contributed by atoms with Crippen LogP contribution < -0.4 is 0 Å². The summed E-state index contributed by atoms with van der Waals surface area (Å²) in [6.45, 7) is 0. The van der Waals surface area contributed by atoms with Crippen LogP contribution >= 0.6 is 0 Å². The van der Waals surface area contributed by atoms with Gasteiger partial charge in [-0.25, -0.2) is 9.59 Å². The summed E-state index contributed by atoms with van der Waals surface area (Å²) in [6, 6.07) is 2.63. The van der Waals surface area contributed by atoms with Crippen LogP contribution in [0.25, 0.3) is 11.1 Å². The lowest BCUT2D eigenvalue weighted by atomic mass is 9.99. The molecule has 18 heavy (non-hydrogen) atoms. The van der Waals surface area contributed by atoms with Gasteiger partial charge in [-0.05, 0) is 12.1 Å². The van der Waals surface area contributed by atoms with Crippen molar-refractivity contribution >= 4 is 11.9 Å². The van der Waals surface area contributed by atoms with Gasteiger partial charge in [-0.15, -0.1) is 0 Å². The standard InChI is InChI=1S/C12H8N2O4/c15-11(16)7-1-3-13-5-9(7)10-6-14-4-2-8(10)12(17)18/h1-6H,(H,15,16)(H,17,18). The lowest BCUT2D eigenvalue weighted by Gasteiger charge is -2.07. The number of nitrogens with zero attached hydrogens (tertiary/aromatic N) is 2. The average Bonchev–Trinajstić information content (AvgIpc) is 2.38. The Balaban J connectivity index is 2.70. The van der Waals surface area contributed by atoms with Crippen LogP contribution in [0.2, 0.25) is 0 Å². The molecule has 0 aliphatic rings. The molecule has 90 valence electrons. The fourth-order valence-corrected chi connectivity index (χ4v) is 1.59. The second-order valence-electron chi connectivity index (χ2n) is 3.45. The minimum atomic E-state index is -1.15. The zero-order valence-corrected chi connectivity index (χ0v) is 9.07. The highest BCUT2D eigenvalue weighted by molar-refractivity contribution is 6.01. The summed E-state index contributed by atoms with van der Waals surface area (Å²) < 4.78 is 0. The third kappa shape index (κ3) is 2.03. The van der Waals surface area contributed by atoms with Crippen LogP contribution in [0.1, 0.15) is 20.7 Å². The number of carboxylic acids is 2. The number of hydrogen-bond acceptors (Lipinski definition) is 4. The van der Waals surface area contributed by atoms with Gasteiger partial charge in [0.2, 0.25) is 0 Å². The third-order valence-corrected chi connectivity index (χ3v) is 2.39. The van der Waals surface area contributed by atoms with Crippen LogP contribution in [0.5, 0.6) is 0 Å². The molecule has 2 heterocycles. The van der Waals surface area contributed by atoms with Gasteiger partial charge < -0.3 is 10.2 Å². The van der Waals surface area contributed by atoms with E-state index < -0.39 is 11.9 Å². The fourth-order valence-electron chi connectivity index (χ4n) is 1.59. The molecule has 0 radical (unpaired) electrons. The summed E-state index contributed by atoms with van der Waals surface area (Å²) in [5.41, 5.74) is 0.437. The van der Waals surface area contributed by atoms with E-state index in [1.54, 1.807) is 0 Å². The monoisotopic (exact) mass is 244 g/mol. The first kappa shape index (κ1) is 11.7. The Labute approximate surface area is 102 Å². The van der Waals surface area contributed by atoms with Gasteiger partial charge in [-0.3, -0.25) is 9.97 Å². The molecule has 0 saturated carbocycles. The maximum atomic E-state index is 11.1. The first-order valence-corrected chi connectivity index (χ1v) is 4.96. The van der Waals surface area contributed by atoms with E-state index in [1.165, 1.54) is 36.9 Å². The zero-order valence-electron chi connectivity index (χ0n) is 9.07. The van der Waals surface area contributed by atoms with Crippen molar-refractivity contribution < 1.29 is 19.8 Å². The molecule has 6 nitrogen and oxygen atoms in total. The lowest BCUT2D eigenvalue weighted by Crippen LogP contribution is -2.05. The fraction of sp³-hybridized carbons (Fsp3) is 0. The van der Waals surface area contributed by atoms with Crippen molar-refractivity contribution in [2.75, 3.05) is 0 Å². The minimum absolute atomic E-state index is 0.0134. The summed E-state index contributed by atoms with van der Waals surface area (Å²) in [6.07, 6.45) is 5.30. The predicted octanol–water partition coefficient (Wildman–Crippen LogP) is 1.54. The van der Waals surface area contributed by atoms with Crippen molar-refractivity contribution in [1.82, 2.24) is 9.97 Å². The molecule has 2 aromatic rings. The molecule has 0 aliphatic carbocycles. The molecule has 0 amide bonds. The molecule has 2 aromatic heterocycles. The maximum absolute atomic E-state index is 11.1. The Morgan fingerprint density at radius 3 is 1.56 bits per heavy atom. The molecule has 2 rings (SSSR count). The Morgan fingerprint density at radius 2 is 1.22 bits per heavy atom. The summed E-state index contributed by atoms with van der Waals surface area (Å²) in [5, 5.41) is 18.1. The van der Waals surface area contributed by atoms with Crippen LogP contribution in [0, 0.1) is 0 Å². The van der Waals surface area contributed by atoms with Gasteiger partial charge >= 0.3 is 11.9 Å². The molecule has 2 N–H and O–H groups in total. The lowest BCUT2D eigenvalue weighted by molar-refractivity contribution is 0.0684. The molecule has 0 fully saturated rings. The summed E-state index contributed by atoms with van der Waals surface area (Å²) in [5.74, 6) is -2.29. The Bertz CT molecular complexity index is 569. The highest BCUT2D eigenvalue weighted by Crippen LogP contribution is 2.25. The van der Waals surface area contributed by atoms with Gasteiger partial charge in [0.25, 0.3) is 0 Å². The number of aromatic nitrogens is 2. The molecule has 0 atom stereocenters. The molecule has 0 aromatic carbocycles. The van der Waals surface area contributed by atoms with E-state index in [-0.39, 0.29) is 22.3 Å². The van der Waals surface area contributed by atoms with Crippen LogP contribution in [0.15, 0.2) is 36.9 Å². The number of aromatic carboxylic acids is 2. The molecule has 0 spiro atoms. The van der Waals surface area contributed by atoms with Crippen LogP contribution in [-0.2, 0) is 0 Å². The SMILES string of the molecule is O=C(O)c1ccncc1-c1cnccc1C(=O)O. The number of carbonyl (C=O) groups is 2. The van der Waals surface area contributed by atoms with Gasteiger partial charge in [-0.1, -0.05) is 0 Å². The smallest absolute Gasteiger partial charge is 0.336 e. The molecular weight excluding hydrogens is 236 g/mol. The van der Waals surface area contributed by atoms with E-state index in [4.69, 9.17) is 10.2 Å². The maximum Gasteiger partial charge on any atom is 0.336 e. The van der Waals surface area contributed by atoms with Gasteiger partial charge in [-0.2, -0.15) is 0 Å². The zero-order chi connectivity index (χ0) is 13.1. The van der Waals surface area contributed by atoms with Crippen molar-refractivity contribution in [3.8, 4) is 11.1 Å². The third-order valence-electron chi connectivity index (χ3n) is 2.39. The van der Waals surface area contributed by atoms with Crippen LogP contribution in [0.4, 0.5) is 0 Å². The first-order valence-electron chi connectivity index (χ1n) is 4.96. The van der Waals surface area contributed by atoms with Crippen LogP contribution in [0.3, 0.4) is 0 Å². The van der Waals surface area contributed by atoms with E-state index in [0.717, 1.165) is 0 Å². The van der Waals surface area contributed by atoms with E-state index in [2.05, 4.69) is 9.97 Å². The normalized spacial score (nSPS) is 10.0. The van der Waals surface area contributed by atoms with Crippen molar-refractivity contribution in [1.29, 1.82) is 0 Å². The largest absolute Gasteiger partial charge is 0.478 e.